The van der Waals surface area contributed by atoms with Crippen LogP contribution in [0.5, 0.6) is 0 Å². The van der Waals surface area contributed by atoms with Gasteiger partial charge in [-0.1, -0.05) is 29.3 Å². The number of nitrogens with zero attached hydrogens (tertiary/aromatic N) is 2. The van der Waals surface area contributed by atoms with Crippen molar-refractivity contribution in [2.75, 3.05) is 24.5 Å². The number of amides is 1. The van der Waals surface area contributed by atoms with Crippen molar-refractivity contribution in [1.82, 2.24) is 15.4 Å². The Morgan fingerprint density at radius 3 is 2.33 bits per heavy atom. The van der Waals surface area contributed by atoms with Gasteiger partial charge in [0.1, 0.15) is 12.2 Å². The van der Waals surface area contributed by atoms with Gasteiger partial charge in [0.05, 0.1) is 22.4 Å². The third-order valence-corrected chi connectivity index (χ3v) is 7.18. The first-order valence-corrected chi connectivity index (χ1v) is 13.1. The van der Waals surface area contributed by atoms with Crippen LogP contribution < -0.4 is 26.4 Å². The smallest absolute Gasteiger partial charge is 0.475 e. The van der Waals surface area contributed by atoms with Crippen molar-refractivity contribution in [1.29, 1.82) is 5.41 Å². The minimum absolute atomic E-state index is 0.0366. The van der Waals surface area contributed by atoms with Crippen molar-refractivity contribution in [2.24, 2.45) is 5.73 Å². The van der Waals surface area contributed by atoms with Gasteiger partial charge in [-0.15, -0.1) is 0 Å². The molecule has 0 saturated heterocycles. The van der Waals surface area contributed by atoms with Crippen molar-refractivity contribution in [2.45, 2.75) is 25.4 Å². The predicted molar refractivity (Wildman–Crippen MR) is 141 cm³/mol. The number of anilines is 1. The summed E-state index contributed by atoms with van der Waals surface area (Å²) < 4.78 is 59.6. The number of benzene rings is 1. The third-order valence-electron chi connectivity index (χ3n) is 4.71. The van der Waals surface area contributed by atoms with Crippen molar-refractivity contribution in [3.05, 3.63) is 62.0 Å². The van der Waals surface area contributed by atoms with Crippen molar-refractivity contribution >= 4 is 56.7 Å². The van der Waals surface area contributed by atoms with Crippen LogP contribution in [0.3, 0.4) is 0 Å². The molecule has 2 aromatic rings. The van der Waals surface area contributed by atoms with Gasteiger partial charge in [0.15, 0.2) is 0 Å². The normalized spacial score (nSPS) is 11.2. The number of aromatic nitrogens is 1. The van der Waals surface area contributed by atoms with Crippen LogP contribution >= 0.6 is 23.2 Å². The Balaban J connectivity index is 0.00000101. The largest absolute Gasteiger partial charge is 0.490 e. The molecule has 1 heterocycles. The number of hydroxylamine groups is 1. The molecule has 222 valence electrons. The molecule has 1 amide bonds. The number of carboxylic acid groups (broad SMARTS) is 1. The van der Waals surface area contributed by atoms with E-state index >= 15 is 0 Å². The molecule has 6 N–H and O–H groups in total. The van der Waals surface area contributed by atoms with E-state index in [1.807, 2.05) is 0 Å². The number of nitrogens with two attached hydrogens (primary N) is 1. The molecule has 2 rings (SSSR count). The first-order valence-electron chi connectivity index (χ1n) is 10.8. The summed E-state index contributed by atoms with van der Waals surface area (Å²) in [6, 6.07) is 7.41. The lowest BCUT2D eigenvalue weighted by Crippen LogP contribution is -2.39. The first-order chi connectivity index (χ1) is 18.4. The molecular formula is C21H25Cl2F3N6O7S. The number of carbonyl (C=O) groups excluding carboxylic acids is 1. The van der Waals surface area contributed by atoms with E-state index in [2.05, 4.69) is 10.8 Å². The topological polar surface area (TPSA) is 197 Å². The fourth-order valence-electron chi connectivity index (χ4n) is 2.75. The molecule has 0 fully saturated rings. The molecule has 0 aliphatic heterocycles. The number of guanidine groups is 1. The molecule has 0 bridgehead atoms. The molecule has 0 atom stereocenters. The summed E-state index contributed by atoms with van der Waals surface area (Å²) in [5, 5.41) is 17.1. The predicted octanol–water partition coefficient (Wildman–Crippen LogP) is 1.59. The highest BCUT2D eigenvalue weighted by Gasteiger charge is 2.38. The number of aryl methyl sites for hydroxylation is 1. The summed E-state index contributed by atoms with van der Waals surface area (Å²) in [5.74, 6) is -4.01. The standard InChI is InChI=1S/C19H24Cl2N6O5S.C2HF3O2/c1-12-3-6-16(18(29)27(12)10-17(28)24-7-8-32-25-19(22)23)26(2)33(30,31)11-13-4-5-14(20)15(21)9-13;3-2(4,5)1(6)7/h3-6,9H,7-8,10-11H2,1-2H3,(H,24,28)(H4,22,23,25);(H,6,7). The Hall–Kier alpha value is -3.54. The van der Waals surface area contributed by atoms with E-state index in [9.17, 15) is 31.2 Å². The maximum Gasteiger partial charge on any atom is 0.490 e. The third kappa shape index (κ3) is 10.9. The highest BCUT2D eigenvalue weighted by Crippen LogP contribution is 2.24. The Morgan fingerprint density at radius 1 is 1.20 bits per heavy atom. The van der Waals surface area contributed by atoms with Gasteiger partial charge in [0.2, 0.25) is 21.9 Å². The van der Waals surface area contributed by atoms with E-state index in [0.717, 1.165) is 4.31 Å². The first kappa shape index (κ1) is 34.5. The molecule has 13 nitrogen and oxygen atoms in total. The Kier molecular flexibility index (Phi) is 12.7. The molecule has 0 aliphatic carbocycles. The summed E-state index contributed by atoms with van der Waals surface area (Å²) >= 11 is 11.8. The van der Waals surface area contributed by atoms with Gasteiger partial charge >= 0.3 is 12.1 Å². The van der Waals surface area contributed by atoms with E-state index < -0.39 is 39.4 Å². The van der Waals surface area contributed by atoms with Gasteiger partial charge in [-0.05, 0) is 36.8 Å². The summed E-state index contributed by atoms with van der Waals surface area (Å²) in [5.41, 5.74) is 7.32. The van der Waals surface area contributed by atoms with E-state index in [-0.39, 0.29) is 36.4 Å². The van der Waals surface area contributed by atoms with E-state index in [4.69, 9.17) is 49.1 Å². The van der Waals surface area contributed by atoms with E-state index in [1.54, 1.807) is 13.0 Å². The molecule has 0 spiro atoms. The average Bonchev–Trinajstić information content (AvgIpc) is 2.83. The zero-order valence-electron chi connectivity index (χ0n) is 20.9. The SMILES string of the molecule is Cc1ccc(N(C)S(=O)(=O)Cc2ccc(Cl)c(Cl)c2)c(=O)n1CC(=O)NCCONC(=N)N.O=C(O)C(F)(F)F. The minimum Gasteiger partial charge on any atom is -0.475 e. The average molecular weight is 633 g/mol. The number of halogens is 5. The molecule has 19 heteroatoms. The Labute approximate surface area is 236 Å². The number of hydrogen-bond acceptors (Lipinski definition) is 7. The number of sulfonamides is 1. The zero-order chi connectivity index (χ0) is 30.8. The quantitative estimate of drug-likeness (QED) is 0.112. The highest BCUT2D eigenvalue weighted by atomic mass is 35.5. The van der Waals surface area contributed by atoms with Gasteiger partial charge in [0, 0.05) is 19.3 Å². The van der Waals surface area contributed by atoms with E-state index in [1.165, 1.54) is 35.9 Å². The number of rotatable bonds is 10. The number of nitrogens with one attached hydrogen (secondary N) is 3. The molecule has 0 saturated carbocycles. The van der Waals surface area contributed by atoms with Crippen LogP contribution in [0.2, 0.25) is 10.0 Å². The Bertz CT molecular complexity index is 1400. The molecule has 0 radical (unpaired) electrons. The number of pyridine rings is 1. The summed E-state index contributed by atoms with van der Waals surface area (Å²) in [7, 11) is -2.67. The van der Waals surface area contributed by atoms with Crippen LogP contribution in [0, 0.1) is 12.3 Å². The Morgan fingerprint density at radius 2 is 1.80 bits per heavy atom. The second kappa shape index (κ2) is 14.7. The minimum atomic E-state index is -5.08. The number of carbonyl (C=O) groups is 2. The van der Waals surface area contributed by atoms with Crippen LogP contribution in [0.4, 0.5) is 18.9 Å². The number of aliphatic carboxylic acids is 1. The van der Waals surface area contributed by atoms with Crippen LogP contribution in [-0.4, -0.2) is 62.3 Å². The van der Waals surface area contributed by atoms with Gasteiger partial charge in [-0.3, -0.25) is 24.1 Å². The fourth-order valence-corrected chi connectivity index (χ4v) is 4.31. The fraction of sp³-hybridized carbons (Fsp3) is 0.333. The number of alkyl halides is 3. The lowest BCUT2D eigenvalue weighted by Gasteiger charge is -2.21. The van der Waals surface area contributed by atoms with Crippen molar-refractivity contribution in [3.63, 3.8) is 0 Å². The molecule has 0 aliphatic rings. The van der Waals surface area contributed by atoms with Crippen molar-refractivity contribution in [3.8, 4) is 0 Å². The van der Waals surface area contributed by atoms with Gasteiger partial charge in [-0.25, -0.2) is 18.7 Å². The van der Waals surface area contributed by atoms with Gasteiger partial charge in [0.25, 0.3) is 5.56 Å². The maximum atomic E-state index is 13.0. The van der Waals surface area contributed by atoms with Crippen LogP contribution in [0.1, 0.15) is 11.3 Å². The lowest BCUT2D eigenvalue weighted by molar-refractivity contribution is -0.192. The lowest BCUT2D eigenvalue weighted by atomic mass is 10.2. The number of carboxylic acids is 1. The molecule has 40 heavy (non-hydrogen) atoms. The highest BCUT2D eigenvalue weighted by molar-refractivity contribution is 7.92. The molecule has 1 aromatic heterocycles. The van der Waals surface area contributed by atoms with E-state index in [0.29, 0.717) is 16.3 Å². The summed E-state index contributed by atoms with van der Waals surface area (Å²) in [4.78, 5) is 38.9. The maximum absolute atomic E-state index is 13.0. The zero-order valence-corrected chi connectivity index (χ0v) is 23.2. The molecular weight excluding hydrogens is 608 g/mol. The summed E-state index contributed by atoms with van der Waals surface area (Å²) in [6.45, 7) is 1.45. The molecule has 1 aromatic carbocycles. The van der Waals surface area contributed by atoms with Crippen LogP contribution in [-0.2, 0) is 36.7 Å². The second-order valence-corrected chi connectivity index (χ2v) is 10.6. The van der Waals surface area contributed by atoms with Crippen LogP contribution in [0.15, 0.2) is 35.1 Å². The molecule has 0 unspecified atom stereocenters. The van der Waals surface area contributed by atoms with Gasteiger partial charge in [-0.2, -0.15) is 13.2 Å². The number of hydrogen-bond donors (Lipinski definition) is 5. The second-order valence-electron chi connectivity index (χ2n) is 7.74. The van der Waals surface area contributed by atoms with Crippen LogP contribution in [0.25, 0.3) is 0 Å². The van der Waals surface area contributed by atoms with Gasteiger partial charge < -0.3 is 20.7 Å². The van der Waals surface area contributed by atoms with Crippen molar-refractivity contribution < 1.29 is 41.1 Å². The monoisotopic (exact) mass is 632 g/mol. The summed E-state index contributed by atoms with van der Waals surface area (Å²) in [6.07, 6.45) is -5.08.